The number of primary amides is 1. The summed E-state index contributed by atoms with van der Waals surface area (Å²) in [5.41, 5.74) is 10.9. The van der Waals surface area contributed by atoms with Gasteiger partial charge in [-0.2, -0.15) is 46.5 Å². The predicted octanol–water partition coefficient (Wildman–Crippen LogP) is 8.74. The van der Waals surface area contributed by atoms with Crippen LogP contribution in [0.15, 0.2) is 176 Å². The lowest BCUT2D eigenvalue weighted by atomic mass is 10.1. The van der Waals surface area contributed by atoms with E-state index in [-0.39, 0.29) is 45.1 Å². The van der Waals surface area contributed by atoms with Gasteiger partial charge in [-0.1, -0.05) is 0 Å². The van der Waals surface area contributed by atoms with Gasteiger partial charge in [0.05, 0.1) is 87.7 Å². The van der Waals surface area contributed by atoms with Crippen LogP contribution < -0.4 is 46.5 Å². The number of ether oxygens (including phenoxy) is 3. The highest BCUT2D eigenvalue weighted by atomic mass is 16.5. The van der Waals surface area contributed by atoms with E-state index >= 15 is 0 Å². The van der Waals surface area contributed by atoms with Crippen molar-refractivity contribution in [2.75, 3.05) is 39.8 Å². The molecule has 6 aromatic carbocycles. The zero-order valence-electron chi connectivity index (χ0n) is 40.6. The van der Waals surface area contributed by atoms with E-state index in [1.807, 2.05) is 0 Å². The number of carbonyl (C=O) groups excluding carboxylic acids is 3. The summed E-state index contributed by atoms with van der Waals surface area (Å²) in [6, 6.07) is 45.7. The summed E-state index contributed by atoms with van der Waals surface area (Å²) in [4.78, 5) is 38.5. The summed E-state index contributed by atoms with van der Waals surface area (Å²) < 4.78 is 17.4. The number of azo groups is 3. The third-order valence-electron chi connectivity index (χ3n) is 10.7. The Balaban J connectivity index is 0.918. The summed E-state index contributed by atoms with van der Waals surface area (Å²) in [7, 11) is 0. The van der Waals surface area contributed by atoms with Crippen molar-refractivity contribution < 1.29 is 28.6 Å². The van der Waals surface area contributed by atoms with Gasteiger partial charge in [0.2, 0.25) is 17.7 Å². The summed E-state index contributed by atoms with van der Waals surface area (Å²) >= 11 is 0. The summed E-state index contributed by atoms with van der Waals surface area (Å²) in [6.45, 7) is 0.616. The first kappa shape index (κ1) is 54.6. The molecule has 0 aliphatic carbocycles. The Morgan fingerprint density at radius 1 is 0.453 bits per heavy atom. The minimum absolute atomic E-state index is 0.000775. The number of hydrogen-bond acceptors (Lipinski definition) is 18. The fourth-order valence-electron chi connectivity index (χ4n) is 6.64. The van der Waals surface area contributed by atoms with Gasteiger partial charge < -0.3 is 30.6 Å². The average molecular weight is 1010 g/mol. The maximum absolute atomic E-state index is 13.5. The van der Waals surface area contributed by atoms with Crippen LogP contribution >= 0.6 is 0 Å². The lowest BCUT2D eigenvalue weighted by Crippen LogP contribution is -2.47. The Morgan fingerprint density at radius 2 is 0.773 bits per heavy atom. The summed E-state index contributed by atoms with van der Waals surface area (Å²) in [5, 5.41) is 67.0. The van der Waals surface area contributed by atoms with E-state index in [4.69, 9.17) is 35.7 Å². The quantitative estimate of drug-likeness (QED) is 0.0146. The van der Waals surface area contributed by atoms with Crippen LogP contribution in [-0.2, 0) is 14.4 Å². The molecule has 0 spiro atoms. The molecular weight excluding hydrogens is 955 g/mol. The number of benzene rings is 6. The van der Waals surface area contributed by atoms with E-state index in [2.05, 4.69) is 75.5 Å². The van der Waals surface area contributed by atoms with Gasteiger partial charge in [-0.3, -0.25) is 30.3 Å². The van der Waals surface area contributed by atoms with Gasteiger partial charge in [0.25, 0.3) is 0 Å². The number of nitriles is 3. The van der Waals surface area contributed by atoms with E-state index in [1.165, 1.54) is 0 Å². The monoisotopic (exact) mass is 1010 g/mol. The molecule has 0 saturated heterocycles. The number of nitrogens with one attached hydrogen (secondary N) is 5. The van der Waals surface area contributed by atoms with Crippen LogP contribution in [0, 0.1) is 34.0 Å². The van der Waals surface area contributed by atoms with Crippen LogP contribution in [0.1, 0.15) is 42.4 Å². The van der Waals surface area contributed by atoms with E-state index < -0.39 is 18.0 Å². The van der Waals surface area contributed by atoms with Crippen molar-refractivity contribution in [3.8, 4) is 35.5 Å². The van der Waals surface area contributed by atoms with Crippen molar-refractivity contribution in [2.45, 2.75) is 37.8 Å². The maximum Gasteiger partial charge on any atom is 0.237 e. The molecule has 0 saturated carbocycles. The first-order valence-corrected chi connectivity index (χ1v) is 23.6. The van der Waals surface area contributed by atoms with Crippen molar-refractivity contribution in [3.05, 3.63) is 162 Å². The molecule has 0 aromatic heterocycles. The molecule has 0 aliphatic rings. The molecule has 0 unspecified atom stereocenters. The molecular formula is C54H53N15O6. The van der Waals surface area contributed by atoms with Gasteiger partial charge in [0.1, 0.15) is 37.4 Å². The Labute approximate surface area is 433 Å². The first-order valence-electron chi connectivity index (χ1n) is 23.6. The van der Waals surface area contributed by atoms with Crippen molar-refractivity contribution >= 4 is 51.8 Å². The topological polar surface area (TPSA) is 311 Å². The van der Waals surface area contributed by atoms with Gasteiger partial charge in [-0.15, -0.1) is 0 Å². The Morgan fingerprint density at radius 3 is 1.13 bits per heavy atom. The number of rotatable bonds is 29. The van der Waals surface area contributed by atoms with Crippen LogP contribution in [0.25, 0.3) is 0 Å². The molecule has 0 fully saturated rings. The predicted molar refractivity (Wildman–Crippen MR) is 277 cm³/mol. The number of nitrogens with zero attached hydrogens (tertiary/aromatic N) is 9. The molecule has 3 amide bonds. The molecule has 380 valence electrons. The average Bonchev–Trinajstić information content (AvgIpc) is 3.44. The zero-order chi connectivity index (χ0) is 52.9. The molecule has 7 N–H and O–H groups in total. The Hall–Kier alpha value is -9.72. The fraction of sp³-hybridized carbons (Fsp3) is 0.222. The molecule has 0 bridgehead atoms. The van der Waals surface area contributed by atoms with Crippen LogP contribution in [0.3, 0.4) is 0 Å². The van der Waals surface area contributed by atoms with Crippen molar-refractivity contribution in [1.82, 2.24) is 26.6 Å². The lowest BCUT2D eigenvalue weighted by Gasteiger charge is -2.20. The van der Waals surface area contributed by atoms with E-state index in [9.17, 15) is 14.4 Å². The van der Waals surface area contributed by atoms with Crippen LogP contribution in [-0.4, -0.2) is 69.6 Å². The van der Waals surface area contributed by atoms with Gasteiger partial charge in [0.15, 0.2) is 0 Å². The zero-order valence-corrected chi connectivity index (χ0v) is 40.6. The Bertz CT molecular complexity index is 2990. The third kappa shape index (κ3) is 19.8. The maximum atomic E-state index is 13.5. The molecule has 0 heterocycles. The highest BCUT2D eigenvalue weighted by molar-refractivity contribution is 5.82. The smallest absolute Gasteiger partial charge is 0.237 e. The molecule has 21 heteroatoms. The molecule has 6 aromatic rings. The second kappa shape index (κ2) is 30.2. The molecule has 2 atom stereocenters. The standard InChI is InChI=1S/C54H53N15O6/c55-31-38-5-11-41(12-6-38)64-67-44-17-23-47(24-18-44)73-35-59-34-52(70)60-29-2-4-51(63-37-75-49-27-21-46(22-28-49)69-66-43-15-9-40(33-57)10-16-43)54(72)61-30-1-3-50(53(58)71)62-36-74-48-25-19-45(20-26-48)68-65-42-13-7-39(32-56)8-14-42/h5-28,50-51,59,62-63H,1-4,29-30,34-37H2,(H2,58,71)(H,60,70)(H,61,72)/t50-,51-/m0/s1. The number of hydrogen-bond donors (Lipinski definition) is 6. The summed E-state index contributed by atoms with van der Waals surface area (Å²) in [6.07, 6.45) is 1.56. The minimum atomic E-state index is -0.726. The number of carbonyl (C=O) groups is 3. The highest BCUT2D eigenvalue weighted by Gasteiger charge is 2.19. The Kier molecular flexibility index (Phi) is 22.0. The normalized spacial score (nSPS) is 11.8. The van der Waals surface area contributed by atoms with Crippen LogP contribution in [0.5, 0.6) is 17.2 Å². The fourth-order valence-corrected chi connectivity index (χ4v) is 6.64. The van der Waals surface area contributed by atoms with Crippen LogP contribution in [0.4, 0.5) is 34.1 Å². The first-order chi connectivity index (χ1) is 36.7. The summed E-state index contributed by atoms with van der Waals surface area (Å²) in [5.74, 6) is 0.500. The van der Waals surface area contributed by atoms with Gasteiger partial charge in [-0.05, 0) is 171 Å². The van der Waals surface area contributed by atoms with Crippen LogP contribution in [0.2, 0.25) is 0 Å². The SMILES string of the molecule is N#Cc1ccc(N=Nc2ccc(OCNCC(=O)NCCC[C@H](NCOc3ccc(N=Nc4ccc(C#N)cc4)cc3)C(=O)NCCC[C@H](NCOc3ccc(N=Nc4ccc(C#N)cc4)cc3)C(N)=O)cc2)cc1. The molecule has 75 heavy (non-hydrogen) atoms. The van der Waals surface area contributed by atoms with Crippen molar-refractivity contribution in [2.24, 2.45) is 36.4 Å². The van der Waals surface area contributed by atoms with Gasteiger partial charge in [0, 0.05) is 13.1 Å². The van der Waals surface area contributed by atoms with Crippen molar-refractivity contribution in [1.29, 1.82) is 15.8 Å². The lowest BCUT2D eigenvalue weighted by molar-refractivity contribution is -0.123. The third-order valence-corrected chi connectivity index (χ3v) is 10.7. The van der Waals surface area contributed by atoms with Gasteiger partial charge >= 0.3 is 0 Å². The minimum Gasteiger partial charge on any atom is -0.478 e. The van der Waals surface area contributed by atoms with Crippen molar-refractivity contribution in [3.63, 3.8) is 0 Å². The molecule has 0 radical (unpaired) electrons. The number of amides is 3. The van der Waals surface area contributed by atoms with Gasteiger partial charge in [-0.25, -0.2) is 0 Å². The highest BCUT2D eigenvalue weighted by Crippen LogP contribution is 2.24. The molecule has 0 aliphatic heterocycles. The second-order valence-electron chi connectivity index (χ2n) is 16.2. The van der Waals surface area contributed by atoms with E-state index in [0.29, 0.717) is 100 Å². The molecule has 6 rings (SSSR count). The second-order valence-corrected chi connectivity index (χ2v) is 16.2. The largest absolute Gasteiger partial charge is 0.478 e. The van der Waals surface area contributed by atoms with E-state index in [0.717, 1.165) is 0 Å². The number of nitrogens with two attached hydrogens (primary N) is 1. The van der Waals surface area contributed by atoms with E-state index in [1.54, 1.807) is 146 Å². The molecule has 21 nitrogen and oxygen atoms in total.